The summed E-state index contributed by atoms with van der Waals surface area (Å²) in [7, 11) is 0. The number of nitrogens with one attached hydrogen (secondary N) is 2. The van der Waals surface area contributed by atoms with Gasteiger partial charge in [0.15, 0.2) is 5.96 Å². The minimum absolute atomic E-state index is 0. The van der Waals surface area contributed by atoms with Crippen LogP contribution < -0.4 is 15.5 Å². The molecule has 3 N–H and O–H groups in total. The highest BCUT2D eigenvalue weighted by Gasteiger charge is 2.18. The highest BCUT2D eigenvalue weighted by Crippen LogP contribution is 2.23. The lowest BCUT2D eigenvalue weighted by Gasteiger charge is -2.32. The number of hydrogen-bond acceptors (Lipinski definition) is 3. The van der Waals surface area contributed by atoms with Gasteiger partial charge in [-0.3, -0.25) is 0 Å². The number of aliphatic hydroxyl groups is 1. The molecule has 1 aliphatic rings. The number of piperidine rings is 1. The molecule has 0 spiro atoms. The molecule has 1 saturated heterocycles. The fraction of sp³-hybridized carbons (Fsp3) is 0.458. The Labute approximate surface area is 202 Å². The number of anilines is 1. The number of aliphatic imine (C=N–C) groups is 1. The van der Waals surface area contributed by atoms with E-state index in [2.05, 4.69) is 44.8 Å². The van der Waals surface area contributed by atoms with Crippen LogP contribution in [0.15, 0.2) is 53.5 Å². The second kappa shape index (κ2) is 13.5. The first-order valence-electron chi connectivity index (χ1n) is 10.9. The van der Waals surface area contributed by atoms with Gasteiger partial charge in [-0.15, -0.1) is 24.0 Å². The van der Waals surface area contributed by atoms with Gasteiger partial charge in [0.05, 0.1) is 6.54 Å². The Morgan fingerprint density at radius 1 is 1.10 bits per heavy atom. The van der Waals surface area contributed by atoms with Gasteiger partial charge in [-0.2, -0.15) is 0 Å². The van der Waals surface area contributed by atoms with Crippen molar-refractivity contribution in [2.24, 2.45) is 10.9 Å². The summed E-state index contributed by atoms with van der Waals surface area (Å²) in [6, 6.07) is 15.3. The van der Waals surface area contributed by atoms with Crippen LogP contribution in [0.1, 0.15) is 30.9 Å². The van der Waals surface area contributed by atoms with Crippen LogP contribution in [0.25, 0.3) is 0 Å². The summed E-state index contributed by atoms with van der Waals surface area (Å²) in [5.41, 5.74) is 3.36. The molecule has 0 amide bonds. The Morgan fingerprint density at radius 2 is 1.84 bits per heavy atom. The Bertz CT molecular complexity index is 807. The predicted octanol–water partition coefficient (Wildman–Crippen LogP) is 3.95. The molecule has 1 fully saturated rings. The third-order valence-corrected chi connectivity index (χ3v) is 5.53. The Kier molecular flexibility index (Phi) is 11.1. The lowest BCUT2D eigenvalue weighted by molar-refractivity contribution is 0.203. The smallest absolute Gasteiger partial charge is 0.191 e. The van der Waals surface area contributed by atoms with E-state index in [9.17, 15) is 9.50 Å². The minimum atomic E-state index is -0.200. The summed E-state index contributed by atoms with van der Waals surface area (Å²) in [4.78, 5) is 7.06. The standard InChI is InChI=1S/C24H33FN4O.HI/c1-2-26-24(27-13-10-19-4-3-5-22(25)16-19)28-17-20-6-8-23(9-7-20)29-14-11-21(18-30)12-15-29;/h3-9,16,21,30H,2,10-15,17-18H2,1H3,(H2,26,27,28);1H. The van der Waals surface area contributed by atoms with E-state index in [1.807, 2.05) is 13.0 Å². The van der Waals surface area contributed by atoms with Crippen molar-refractivity contribution in [1.82, 2.24) is 10.6 Å². The minimum Gasteiger partial charge on any atom is -0.396 e. The molecule has 0 unspecified atom stereocenters. The normalized spacial score (nSPS) is 14.8. The molecule has 0 aliphatic carbocycles. The zero-order valence-electron chi connectivity index (χ0n) is 18.2. The summed E-state index contributed by atoms with van der Waals surface area (Å²) in [6.45, 7) is 6.42. The Morgan fingerprint density at radius 3 is 2.48 bits per heavy atom. The molecule has 31 heavy (non-hydrogen) atoms. The molecule has 170 valence electrons. The van der Waals surface area contributed by atoms with Gasteiger partial charge in [-0.05, 0) is 67.5 Å². The van der Waals surface area contributed by atoms with Crippen molar-refractivity contribution in [1.29, 1.82) is 0 Å². The first-order chi connectivity index (χ1) is 14.7. The number of aliphatic hydroxyl groups excluding tert-OH is 1. The maximum Gasteiger partial charge on any atom is 0.191 e. The first-order valence-corrected chi connectivity index (χ1v) is 10.9. The topological polar surface area (TPSA) is 59.9 Å². The van der Waals surface area contributed by atoms with Crippen molar-refractivity contribution in [2.75, 3.05) is 37.7 Å². The molecular formula is C24H34FIN4O. The van der Waals surface area contributed by atoms with Gasteiger partial charge in [-0.25, -0.2) is 9.38 Å². The van der Waals surface area contributed by atoms with Crippen LogP contribution in [0.4, 0.5) is 10.1 Å². The number of benzene rings is 2. The lowest BCUT2D eigenvalue weighted by Crippen LogP contribution is -2.38. The zero-order chi connectivity index (χ0) is 21.2. The number of rotatable bonds is 8. The van der Waals surface area contributed by atoms with Gasteiger partial charge in [-0.1, -0.05) is 24.3 Å². The van der Waals surface area contributed by atoms with Gasteiger partial charge in [0.2, 0.25) is 0 Å². The van der Waals surface area contributed by atoms with Crippen molar-refractivity contribution >= 4 is 35.6 Å². The maximum absolute atomic E-state index is 13.3. The van der Waals surface area contributed by atoms with Crippen LogP contribution in [-0.2, 0) is 13.0 Å². The summed E-state index contributed by atoms with van der Waals surface area (Å²) in [6.07, 6.45) is 2.84. The van der Waals surface area contributed by atoms with Crippen molar-refractivity contribution in [3.05, 3.63) is 65.5 Å². The highest BCUT2D eigenvalue weighted by atomic mass is 127. The molecule has 0 atom stereocenters. The predicted molar refractivity (Wildman–Crippen MR) is 137 cm³/mol. The average Bonchev–Trinajstić information content (AvgIpc) is 2.78. The summed E-state index contributed by atoms with van der Waals surface area (Å²) >= 11 is 0. The van der Waals surface area contributed by atoms with Crippen LogP contribution in [-0.4, -0.2) is 43.9 Å². The number of nitrogens with zero attached hydrogens (tertiary/aromatic N) is 2. The molecule has 0 radical (unpaired) electrons. The molecule has 2 aromatic rings. The molecule has 2 aromatic carbocycles. The van der Waals surface area contributed by atoms with Crippen molar-refractivity contribution in [2.45, 2.75) is 32.7 Å². The van der Waals surface area contributed by atoms with Crippen molar-refractivity contribution in [3.8, 4) is 0 Å². The molecule has 0 saturated carbocycles. The van der Waals surface area contributed by atoms with Crippen LogP contribution in [0, 0.1) is 11.7 Å². The molecule has 1 aliphatic heterocycles. The molecule has 1 heterocycles. The van der Waals surface area contributed by atoms with E-state index in [0.717, 1.165) is 56.0 Å². The molecule has 0 bridgehead atoms. The van der Waals surface area contributed by atoms with E-state index < -0.39 is 0 Å². The van der Waals surface area contributed by atoms with Gasteiger partial charge < -0.3 is 20.6 Å². The van der Waals surface area contributed by atoms with Crippen LogP contribution in [0.3, 0.4) is 0 Å². The van der Waals surface area contributed by atoms with Crippen LogP contribution >= 0.6 is 24.0 Å². The number of guanidine groups is 1. The molecule has 7 heteroatoms. The molecular weight excluding hydrogens is 506 g/mol. The van der Waals surface area contributed by atoms with Crippen molar-refractivity contribution in [3.63, 3.8) is 0 Å². The highest BCUT2D eigenvalue weighted by molar-refractivity contribution is 14.0. The van der Waals surface area contributed by atoms with E-state index in [1.165, 1.54) is 11.8 Å². The fourth-order valence-electron chi connectivity index (χ4n) is 3.72. The van der Waals surface area contributed by atoms with E-state index in [1.54, 1.807) is 12.1 Å². The average molecular weight is 540 g/mol. The second-order valence-electron chi connectivity index (χ2n) is 7.78. The molecule has 5 nitrogen and oxygen atoms in total. The zero-order valence-corrected chi connectivity index (χ0v) is 20.5. The molecule has 3 rings (SSSR count). The maximum atomic E-state index is 13.3. The SMILES string of the molecule is CCNC(=NCc1ccc(N2CCC(CO)CC2)cc1)NCCc1cccc(F)c1.I. The van der Waals surface area contributed by atoms with Gasteiger partial charge >= 0.3 is 0 Å². The summed E-state index contributed by atoms with van der Waals surface area (Å²) in [5.74, 6) is 1.02. The van der Waals surface area contributed by atoms with Gasteiger partial charge in [0.1, 0.15) is 5.82 Å². The molecule has 0 aromatic heterocycles. The van der Waals surface area contributed by atoms with Gasteiger partial charge in [0.25, 0.3) is 0 Å². The first kappa shape index (κ1) is 25.4. The quantitative estimate of drug-likeness (QED) is 0.270. The van der Waals surface area contributed by atoms with Crippen LogP contribution in [0.5, 0.6) is 0 Å². The van der Waals surface area contributed by atoms with E-state index >= 15 is 0 Å². The number of hydrogen-bond donors (Lipinski definition) is 3. The van der Waals surface area contributed by atoms with E-state index in [-0.39, 0.29) is 29.8 Å². The second-order valence-corrected chi connectivity index (χ2v) is 7.78. The third kappa shape index (κ3) is 8.29. The Hall–Kier alpha value is -1.87. The third-order valence-electron chi connectivity index (χ3n) is 5.53. The van der Waals surface area contributed by atoms with E-state index in [0.29, 0.717) is 25.6 Å². The summed E-state index contributed by atoms with van der Waals surface area (Å²) < 4.78 is 13.3. The Balaban J connectivity index is 0.00000341. The number of halogens is 2. The summed E-state index contributed by atoms with van der Waals surface area (Å²) in [5, 5.41) is 15.9. The largest absolute Gasteiger partial charge is 0.396 e. The van der Waals surface area contributed by atoms with Crippen molar-refractivity contribution < 1.29 is 9.50 Å². The monoisotopic (exact) mass is 540 g/mol. The lowest BCUT2D eigenvalue weighted by atomic mass is 9.97. The fourth-order valence-corrected chi connectivity index (χ4v) is 3.72. The van der Waals surface area contributed by atoms with E-state index in [4.69, 9.17) is 0 Å². The van der Waals surface area contributed by atoms with Gasteiger partial charge in [0, 0.05) is 38.5 Å². The van der Waals surface area contributed by atoms with Crippen LogP contribution in [0.2, 0.25) is 0 Å².